The van der Waals surface area contributed by atoms with E-state index in [0.29, 0.717) is 5.56 Å². The van der Waals surface area contributed by atoms with Crippen molar-refractivity contribution in [1.82, 2.24) is 0 Å². The summed E-state index contributed by atoms with van der Waals surface area (Å²) in [5.74, 6) is -1.97. The van der Waals surface area contributed by atoms with Gasteiger partial charge in [-0.2, -0.15) is 0 Å². The number of aliphatic hydroxyl groups excluding tert-OH is 4. The van der Waals surface area contributed by atoms with Gasteiger partial charge in [0.2, 0.25) is 12.0 Å². The molecule has 2 aromatic carbocycles. The van der Waals surface area contributed by atoms with E-state index < -0.39 is 60.4 Å². The molecule has 0 aliphatic carbocycles. The molecule has 0 spiro atoms. The molecule has 1 saturated heterocycles. The summed E-state index contributed by atoms with van der Waals surface area (Å²) in [6, 6.07) is 12.1. The van der Waals surface area contributed by atoms with E-state index in [1.807, 2.05) is 0 Å². The van der Waals surface area contributed by atoms with Crippen molar-refractivity contribution in [2.24, 2.45) is 0 Å². The number of carbonyl (C=O) groups is 1. The van der Waals surface area contributed by atoms with Crippen LogP contribution in [0.15, 0.2) is 57.7 Å². The molecule has 1 aliphatic rings. The lowest BCUT2D eigenvalue weighted by atomic mass is 9.99. The van der Waals surface area contributed by atoms with Gasteiger partial charge in [-0.15, -0.1) is 0 Å². The molecule has 1 aromatic heterocycles. The summed E-state index contributed by atoms with van der Waals surface area (Å²) in [6.07, 6.45) is -8.01. The van der Waals surface area contributed by atoms with Crippen molar-refractivity contribution in [2.75, 3.05) is 6.61 Å². The van der Waals surface area contributed by atoms with Gasteiger partial charge in [-0.3, -0.25) is 0 Å². The molecule has 2 heterocycles. The first-order valence-electron chi connectivity index (χ1n) is 9.84. The highest BCUT2D eigenvalue weighted by Crippen LogP contribution is 2.36. The predicted octanol–water partition coefficient (Wildman–Crippen LogP) is -0.104. The molecule has 0 radical (unpaired) electrons. The Hall–Kier alpha value is -3.48. The molecule has 11 heteroatoms. The zero-order chi connectivity index (χ0) is 23.7. The SMILES string of the molecule is O=C(Oc1ccc2c(O[C@@H]3O[C@H](CO)[C@@H](O)[C@H](O)[C@H]3O)c(O)c(=O)oc2c1)c1ccccc1. The third-order valence-corrected chi connectivity index (χ3v) is 5.11. The summed E-state index contributed by atoms with van der Waals surface area (Å²) >= 11 is 0. The molecular weight excluding hydrogens is 440 g/mol. The molecule has 11 nitrogen and oxygen atoms in total. The molecule has 33 heavy (non-hydrogen) atoms. The number of fused-ring (bicyclic) bond motifs is 1. The maximum Gasteiger partial charge on any atom is 0.382 e. The molecule has 0 unspecified atom stereocenters. The van der Waals surface area contributed by atoms with Gasteiger partial charge in [0.05, 0.1) is 17.6 Å². The third kappa shape index (κ3) is 4.40. The minimum atomic E-state index is -1.77. The molecule has 1 fully saturated rings. The Morgan fingerprint density at radius 1 is 1.00 bits per heavy atom. The molecular formula is C22H20O11. The van der Waals surface area contributed by atoms with Gasteiger partial charge in [0.25, 0.3) is 0 Å². The Morgan fingerprint density at radius 3 is 2.42 bits per heavy atom. The van der Waals surface area contributed by atoms with Crippen molar-refractivity contribution in [3.63, 3.8) is 0 Å². The Bertz CT molecular complexity index is 1200. The zero-order valence-electron chi connectivity index (χ0n) is 16.9. The molecule has 0 amide bonds. The van der Waals surface area contributed by atoms with E-state index in [1.54, 1.807) is 30.3 Å². The number of ether oxygens (including phenoxy) is 3. The van der Waals surface area contributed by atoms with Crippen molar-refractivity contribution >= 4 is 16.9 Å². The first kappa shape index (κ1) is 22.7. The van der Waals surface area contributed by atoms with Crippen LogP contribution in [0.2, 0.25) is 0 Å². The van der Waals surface area contributed by atoms with Crippen molar-refractivity contribution < 1.29 is 49.0 Å². The lowest BCUT2D eigenvalue weighted by Gasteiger charge is -2.39. The fourth-order valence-corrected chi connectivity index (χ4v) is 3.35. The van der Waals surface area contributed by atoms with Gasteiger partial charge in [-0.05, 0) is 24.3 Å². The Morgan fingerprint density at radius 2 is 1.73 bits per heavy atom. The fraction of sp³-hybridized carbons (Fsp3) is 0.273. The third-order valence-electron chi connectivity index (χ3n) is 5.11. The second-order valence-corrected chi connectivity index (χ2v) is 7.30. The largest absolute Gasteiger partial charge is 0.499 e. The van der Waals surface area contributed by atoms with Crippen molar-refractivity contribution in [3.05, 3.63) is 64.5 Å². The maximum absolute atomic E-state index is 12.3. The van der Waals surface area contributed by atoms with Crippen LogP contribution in [-0.2, 0) is 4.74 Å². The number of carbonyl (C=O) groups excluding carboxylic acids is 1. The van der Waals surface area contributed by atoms with Gasteiger partial charge in [0.1, 0.15) is 35.7 Å². The molecule has 4 rings (SSSR count). The molecule has 5 atom stereocenters. The van der Waals surface area contributed by atoms with Crippen molar-refractivity contribution in [2.45, 2.75) is 30.7 Å². The summed E-state index contributed by atoms with van der Waals surface area (Å²) < 4.78 is 21.1. The van der Waals surface area contributed by atoms with E-state index >= 15 is 0 Å². The Labute approximate surface area is 185 Å². The van der Waals surface area contributed by atoms with E-state index in [0.717, 1.165) is 0 Å². The van der Waals surface area contributed by atoms with Crippen LogP contribution in [0.25, 0.3) is 11.0 Å². The highest BCUT2D eigenvalue weighted by atomic mass is 16.7. The maximum atomic E-state index is 12.3. The second-order valence-electron chi connectivity index (χ2n) is 7.30. The summed E-state index contributed by atoms with van der Waals surface area (Å²) in [5, 5.41) is 49.6. The molecule has 174 valence electrons. The van der Waals surface area contributed by atoms with Crippen LogP contribution in [0.4, 0.5) is 0 Å². The first-order chi connectivity index (χ1) is 15.8. The average molecular weight is 460 g/mol. The van der Waals surface area contributed by atoms with Gasteiger partial charge in [-0.25, -0.2) is 9.59 Å². The van der Waals surface area contributed by atoms with Crippen molar-refractivity contribution in [3.8, 4) is 17.2 Å². The Balaban J connectivity index is 1.65. The minimum absolute atomic E-state index is 0.0454. The highest BCUT2D eigenvalue weighted by Gasteiger charge is 2.45. The topological polar surface area (TPSA) is 176 Å². The number of aliphatic hydroxyl groups is 4. The molecule has 1 aliphatic heterocycles. The highest BCUT2D eigenvalue weighted by molar-refractivity contribution is 5.92. The van der Waals surface area contributed by atoms with Crippen molar-refractivity contribution in [1.29, 1.82) is 0 Å². The molecule has 0 bridgehead atoms. The number of hydrogen-bond donors (Lipinski definition) is 5. The number of hydrogen-bond acceptors (Lipinski definition) is 11. The predicted molar refractivity (Wildman–Crippen MR) is 110 cm³/mol. The standard InChI is InChI=1S/C22H20O11/c23-9-14-15(24)16(25)17(26)22(32-14)33-19-12-7-6-11(8-13(12)31-21(29)18(19)27)30-20(28)10-4-2-1-3-5-10/h1-8,14-17,22-27H,9H2/t14-,15-,16+,17-,22+/m1/s1. The van der Waals surface area contributed by atoms with E-state index in [9.17, 15) is 35.1 Å². The monoisotopic (exact) mass is 460 g/mol. The molecule has 5 N–H and O–H groups in total. The quantitative estimate of drug-likeness (QED) is 0.195. The zero-order valence-corrected chi connectivity index (χ0v) is 16.9. The van der Waals surface area contributed by atoms with Gasteiger partial charge < -0.3 is 44.2 Å². The summed E-state index contributed by atoms with van der Waals surface area (Å²) in [4.78, 5) is 24.4. The van der Waals surface area contributed by atoms with Crippen LogP contribution in [0.5, 0.6) is 17.2 Å². The smallest absolute Gasteiger partial charge is 0.382 e. The molecule has 0 saturated carbocycles. The lowest BCUT2D eigenvalue weighted by Crippen LogP contribution is -2.60. The van der Waals surface area contributed by atoms with Gasteiger partial charge >= 0.3 is 11.6 Å². The second kappa shape index (κ2) is 9.17. The summed E-state index contributed by atoms with van der Waals surface area (Å²) in [7, 11) is 0. The normalized spacial score (nSPS) is 25.0. The van der Waals surface area contributed by atoms with Gasteiger partial charge in [0.15, 0.2) is 5.75 Å². The number of aromatic hydroxyl groups is 1. The van der Waals surface area contributed by atoms with E-state index in [2.05, 4.69) is 0 Å². The summed E-state index contributed by atoms with van der Waals surface area (Å²) in [6.45, 7) is -0.690. The summed E-state index contributed by atoms with van der Waals surface area (Å²) in [5.41, 5.74) is -0.999. The van der Waals surface area contributed by atoms with E-state index in [-0.39, 0.29) is 16.7 Å². The lowest BCUT2D eigenvalue weighted by molar-refractivity contribution is -0.277. The van der Waals surface area contributed by atoms with Crippen LogP contribution >= 0.6 is 0 Å². The van der Waals surface area contributed by atoms with E-state index in [1.165, 1.54) is 18.2 Å². The van der Waals surface area contributed by atoms with Crippen LogP contribution in [0.3, 0.4) is 0 Å². The van der Waals surface area contributed by atoms with Crippen LogP contribution in [-0.4, -0.2) is 68.8 Å². The van der Waals surface area contributed by atoms with E-state index in [4.69, 9.17) is 18.6 Å². The van der Waals surface area contributed by atoms with Crippen LogP contribution in [0.1, 0.15) is 10.4 Å². The van der Waals surface area contributed by atoms with Crippen LogP contribution in [0, 0.1) is 0 Å². The number of benzene rings is 2. The Kier molecular flexibility index (Phi) is 6.31. The first-order valence-corrected chi connectivity index (χ1v) is 9.84. The number of esters is 1. The average Bonchev–Trinajstić information content (AvgIpc) is 2.82. The fourth-order valence-electron chi connectivity index (χ4n) is 3.35. The molecule has 3 aromatic rings. The minimum Gasteiger partial charge on any atom is -0.499 e. The van der Waals surface area contributed by atoms with Gasteiger partial charge in [-0.1, -0.05) is 18.2 Å². The number of rotatable bonds is 5. The van der Waals surface area contributed by atoms with Gasteiger partial charge in [0, 0.05) is 6.07 Å². The van der Waals surface area contributed by atoms with Crippen LogP contribution < -0.4 is 15.1 Å².